The highest BCUT2D eigenvalue weighted by Gasteiger charge is 2.20. The van der Waals surface area contributed by atoms with Gasteiger partial charge in [-0.05, 0) is 18.6 Å². The Labute approximate surface area is 128 Å². The number of hydrogen-bond acceptors (Lipinski definition) is 5. The minimum Gasteiger partial charge on any atom is -0.397 e. The molecule has 0 saturated heterocycles. The second-order valence-corrected chi connectivity index (χ2v) is 8.51. The molecule has 0 saturated carbocycles. The van der Waals surface area contributed by atoms with Gasteiger partial charge in [-0.3, -0.25) is 4.79 Å². The Bertz CT molecular complexity index is 794. The number of nitrogens with two attached hydrogens (primary N) is 1. The standard InChI is InChI=1S/C14H18N2O3S2/c1-9-4-5-10-11(8-9)20-13(12(10)15)14(17)16(2)6-7-21(3,18)19/h4-5,8H,6-7,15H2,1-3H3. The molecule has 1 amide bonds. The Balaban J connectivity index is 2.29. The van der Waals surface area contributed by atoms with Crippen molar-refractivity contribution in [1.29, 1.82) is 0 Å². The molecule has 0 radical (unpaired) electrons. The van der Waals surface area contributed by atoms with Crippen LogP contribution in [0.15, 0.2) is 18.2 Å². The fourth-order valence-corrected chi connectivity index (χ4v) is 3.78. The highest BCUT2D eigenvalue weighted by Crippen LogP contribution is 2.34. The van der Waals surface area contributed by atoms with Gasteiger partial charge in [-0.1, -0.05) is 12.1 Å². The zero-order valence-electron chi connectivity index (χ0n) is 12.2. The van der Waals surface area contributed by atoms with Crippen molar-refractivity contribution in [2.45, 2.75) is 6.92 Å². The fraction of sp³-hybridized carbons (Fsp3) is 0.357. The van der Waals surface area contributed by atoms with Crippen molar-refractivity contribution >= 4 is 42.9 Å². The molecule has 2 rings (SSSR count). The number of hydrogen-bond donors (Lipinski definition) is 1. The van der Waals surface area contributed by atoms with Gasteiger partial charge in [0.25, 0.3) is 5.91 Å². The zero-order valence-corrected chi connectivity index (χ0v) is 13.8. The number of nitrogens with zero attached hydrogens (tertiary/aromatic N) is 1. The number of amides is 1. The predicted octanol–water partition coefficient (Wildman–Crippen LogP) is 1.91. The summed E-state index contributed by atoms with van der Waals surface area (Å²) in [4.78, 5) is 14.3. The molecule has 0 unspecified atom stereocenters. The van der Waals surface area contributed by atoms with Crippen molar-refractivity contribution < 1.29 is 13.2 Å². The molecule has 0 aliphatic carbocycles. The number of benzene rings is 1. The molecule has 1 aromatic heterocycles. The highest BCUT2D eigenvalue weighted by molar-refractivity contribution is 7.90. The van der Waals surface area contributed by atoms with Gasteiger partial charge < -0.3 is 10.6 Å². The lowest BCUT2D eigenvalue weighted by Gasteiger charge is -2.15. The molecule has 0 aliphatic heterocycles. The fourth-order valence-electron chi connectivity index (χ4n) is 1.96. The average molecular weight is 326 g/mol. The molecule has 2 aromatic rings. The van der Waals surface area contributed by atoms with Crippen LogP contribution in [-0.4, -0.2) is 44.8 Å². The maximum Gasteiger partial charge on any atom is 0.265 e. The van der Waals surface area contributed by atoms with Crippen LogP contribution in [0.1, 0.15) is 15.2 Å². The third-order valence-corrected chi connectivity index (χ3v) is 5.30. The average Bonchev–Trinajstić information content (AvgIpc) is 2.71. The molecule has 0 aliphatic rings. The van der Waals surface area contributed by atoms with E-state index in [-0.39, 0.29) is 18.2 Å². The molecule has 5 nitrogen and oxygen atoms in total. The number of sulfone groups is 1. The summed E-state index contributed by atoms with van der Waals surface area (Å²) in [5, 5.41) is 0.866. The van der Waals surface area contributed by atoms with Gasteiger partial charge in [0.1, 0.15) is 14.7 Å². The number of aryl methyl sites for hydroxylation is 1. The van der Waals surface area contributed by atoms with Crippen LogP contribution in [0, 0.1) is 6.92 Å². The summed E-state index contributed by atoms with van der Waals surface area (Å²) in [7, 11) is -1.51. The number of fused-ring (bicyclic) bond motifs is 1. The molecule has 7 heteroatoms. The van der Waals surface area contributed by atoms with E-state index in [1.165, 1.54) is 16.2 Å². The first kappa shape index (κ1) is 15.8. The Morgan fingerprint density at radius 2 is 2.05 bits per heavy atom. The number of carbonyl (C=O) groups excluding carboxylic acids is 1. The van der Waals surface area contributed by atoms with Crippen LogP contribution in [0.2, 0.25) is 0 Å². The minimum atomic E-state index is -3.10. The van der Waals surface area contributed by atoms with E-state index < -0.39 is 9.84 Å². The second-order valence-electron chi connectivity index (χ2n) is 5.20. The van der Waals surface area contributed by atoms with E-state index in [0.29, 0.717) is 10.6 Å². The van der Waals surface area contributed by atoms with Gasteiger partial charge in [-0.25, -0.2) is 8.42 Å². The van der Waals surface area contributed by atoms with E-state index in [1.807, 2.05) is 25.1 Å². The summed E-state index contributed by atoms with van der Waals surface area (Å²) >= 11 is 1.34. The van der Waals surface area contributed by atoms with Crippen LogP contribution >= 0.6 is 11.3 Å². The summed E-state index contributed by atoms with van der Waals surface area (Å²) in [6, 6.07) is 5.85. The summed E-state index contributed by atoms with van der Waals surface area (Å²) in [6.07, 6.45) is 1.15. The number of carbonyl (C=O) groups is 1. The topological polar surface area (TPSA) is 80.5 Å². The number of anilines is 1. The van der Waals surface area contributed by atoms with Crippen molar-refractivity contribution in [3.05, 3.63) is 28.6 Å². The molecule has 21 heavy (non-hydrogen) atoms. The van der Waals surface area contributed by atoms with E-state index in [1.54, 1.807) is 7.05 Å². The molecule has 0 spiro atoms. The van der Waals surface area contributed by atoms with Crippen molar-refractivity contribution in [2.75, 3.05) is 31.3 Å². The molecule has 0 bridgehead atoms. The predicted molar refractivity (Wildman–Crippen MR) is 87.6 cm³/mol. The summed E-state index contributed by atoms with van der Waals surface area (Å²) < 4.78 is 23.3. The van der Waals surface area contributed by atoms with Gasteiger partial charge in [0.05, 0.1) is 11.4 Å². The molecule has 0 fully saturated rings. The van der Waals surface area contributed by atoms with E-state index >= 15 is 0 Å². The lowest BCUT2D eigenvalue weighted by atomic mass is 10.1. The normalized spacial score (nSPS) is 11.8. The van der Waals surface area contributed by atoms with E-state index in [4.69, 9.17) is 5.73 Å². The van der Waals surface area contributed by atoms with E-state index in [2.05, 4.69) is 0 Å². The monoisotopic (exact) mass is 326 g/mol. The van der Waals surface area contributed by atoms with Gasteiger partial charge in [-0.2, -0.15) is 0 Å². The Hall–Kier alpha value is -1.60. The first-order valence-corrected chi connectivity index (χ1v) is 9.28. The summed E-state index contributed by atoms with van der Waals surface area (Å²) in [5.41, 5.74) is 7.62. The summed E-state index contributed by atoms with van der Waals surface area (Å²) in [6.45, 7) is 2.14. The first-order chi connectivity index (χ1) is 9.69. The van der Waals surface area contributed by atoms with Crippen molar-refractivity contribution in [2.24, 2.45) is 0 Å². The summed E-state index contributed by atoms with van der Waals surface area (Å²) in [5.74, 6) is -0.297. The lowest BCUT2D eigenvalue weighted by molar-refractivity contribution is 0.0809. The molecule has 1 heterocycles. The van der Waals surface area contributed by atoms with Crippen LogP contribution < -0.4 is 5.73 Å². The van der Waals surface area contributed by atoms with Gasteiger partial charge in [0.2, 0.25) is 0 Å². The van der Waals surface area contributed by atoms with Crippen molar-refractivity contribution in [3.63, 3.8) is 0 Å². The quantitative estimate of drug-likeness (QED) is 0.930. The van der Waals surface area contributed by atoms with E-state index in [9.17, 15) is 13.2 Å². The first-order valence-electron chi connectivity index (χ1n) is 6.41. The third-order valence-electron chi connectivity index (χ3n) is 3.22. The Kier molecular flexibility index (Phi) is 4.25. The van der Waals surface area contributed by atoms with E-state index in [0.717, 1.165) is 21.9 Å². The zero-order chi connectivity index (χ0) is 15.8. The second kappa shape index (κ2) is 5.65. The Morgan fingerprint density at radius 3 is 2.67 bits per heavy atom. The third kappa shape index (κ3) is 3.54. The molecule has 114 valence electrons. The Morgan fingerprint density at radius 1 is 1.38 bits per heavy atom. The molecule has 0 atom stereocenters. The maximum atomic E-state index is 12.4. The molecular weight excluding hydrogens is 308 g/mol. The van der Waals surface area contributed by atoms with Crippen molar-refractivity contribution in [1.82, 2.24) is 4.90 Å². The van der Waals surface area contributed by atoms with Crippen LogP contribution in [0.4, 0.5) is 5.69 Å². The maximum absolute atomic E-state index is 12.4. The van der Waals surface area contributed by atoms with Gasteiger partial charge in [-0.15, -0.1) is 11.3 Å². The highest BCUT2D eigenvalue weighted by atomic mass is 32.2. The minimum absolute atomic E-state index is 0.0564. The van der Waals surface area contributed by atoms with Gasteiger partial charge >= 0.3 is 0 Å². The smallest absolute Gasteiger partial charge is 0.265 e. The largest absolute Gasteiger partial charge is 0.397 e. The molecule has 1 aromatic carbocycles. The van der Waals surface area contributed by atoms with Crippen LogP contribution in [0.5, 0.6) is 0 Å². The van der Waals surface area contributed by atoms with Crippen LogP contribution in [0.25, 0.3) is 10.1 Å². The van der Waals surface area contributed by atoms with Crippen molar-refractivity contribution in [3.8, 4) is 0 Å². The number of nitrogen functional groups attached to an aromatic ring is 1. The van der Waals surface area contributed by atoms with Gasteiger partial charge in [0, 0.05) is 29.9 Å². The molecular formula is C14H18N2O3S2. The number of rotatable bonds is 4. The molecule has 2 N–H and O–H groups in total. The van der Waals surface area contributed by atoms with Crippen LogP contribution in [0.3, 0.4) is 0 Å². The lowest BCUT2D eigenvalue weighted by Crippen LogP contribution is -2.31. The van der Waals surface area contributed by atoms with Gasteiger partial charge in [0.15, 0.2) is 0 Å². The van der Waals surface area contributed by atoms with Crippen LogP contribution in [-0.2, 0) is 9.84 Å². The number of thiophene rings is 1. The SMILES string of the molecule is Cc1ccc2c(N)c(C(=O)N(C)CCS(C)(=O)=O)sc2c1.